The highest BCUT2D eigenvalue weighted by atomic mass is 127. The number of halogens is 2. The van der Waals surface area contributed by atoms with Crippen LogP contribution in [0.4, 0.5) is 0 Å². The SMILES string of the molecule is Oc1c(I)cc(I)cc1/C=N/n1c(-c2ccncc2)n[nH]c1=S. The summed E-state index contributed by atoms with van der Waals surface area (Å²) in [6, 6.07) is 7.38. The number of rotatable bonds is 3. The van der Waals surface area contributed by atoms with Crippen molar-refractivity contribution in [2.45, 2.75) is 0 Å². The van der Waals surface area contributed by atoms with Gasteiger partial charge >= 0.3 is 0 Å². The molecule has 0 atom stereocenters. The minimum atomic E-state index is 0.190. The molecule has 3 aromatic rings. The fourth-order valence-corrected chi connectivity index (χ4v) is 3.96. The van der Waals surface area contributed by atoms with Gasteiger partial charge in [0.15, 0.2) is 5.82 Å². The number of phenols is 1. The van der Waals surface area contributed by atoms with Gasteiger partial charge in [0.1, 0.15) is 5.75 Å². The average molecular weight is 549 g/mol. The lowest BCUT2D eigenvalue weighted by atomic mass is 10.2. The highest BCUT2D eigenvalue weighted by molar-refractivity contribution is 14.1. The van der Waals surface area contributed by atoms with Crippen LogP contribution in [0.5, 0.6) is 5.75 Å². The van der Waals surface area contributed by atoms with Crippen molar-refractivity contribution in [2.24, 2.45) is 5.10 Å². The zero-order valence-electron chi connectivity index (χ0n) is 11.4. The second-order valence-electron chi connectivity index (χ2n) is 4.47. The normalized spacial score (nSPS) is 11.2. The van der Waals surface area contributed by atoms with Gasteiger partial charge in [-0.1, -0.05) is 0 Å². The minimum absolute atomic E-state index is 0.190. The van der Waals surface area contributed by atoms with Crippen LogP contribution in [0.3, 0.4) is 0 Å². The summed E-state index contributed by atoms with van der Waals surface area (Å²) in [6.45, 7) is 0. The first kappa shape index (κ1) is 16.5. The molecule has 0 unspecified atom stereocenters. The summed E-state index contributed by atoms with van der Waals surface area (Å²) in [5.74, 6) is 0.767. The second kappa shape index (κ2) is 7.05. The number of hydrogen-bond donors (Lipinski definition) is 2. The third-order valence-corrected chi connectivity index (χ3v) is 4.67. The summed E-state index contributed by atoms with van der Waals surface area (Å²) in [7, 11) is 0. The van der Waals surface area contributed by atoms with Crippen molar-refractivity contribution in [3.63, 3.8) is 0 Å². The Balaban J connectivity index is 2.05. The molecule has 0 amide bonds. The molecule has 0 spiro atoms. The van der Waals surface area contributed by atoms with Gasteiger partial charge in [0.2, 0.25) is 4.77 Å². The van der Waals surface area contributed by atoms with Gasteiger partial charge in [-0.05, 0) is 81.7 Å². The molecule has 0 saturated carbocycles. The van der Waals surface area contributed by atoms with Crippen LogP contribution >= 0.6 is 57.4 Å². The van der Waals surface area contributed by atoms with Gasteiger partial charge in [0.05, 0.1) is 9.78 Å². The first-order valence-corrected chi connectivity index (χ1v) is 8.93. The molecule has 2 aromatic heterocycles. The molecule has 0 radical (unpaired) electrons. The summed E-state index contributed by atoms with van der Waals surface area (Å²) in [5, 5.41) is 21.4. The third kappa shape index (κ3) is 3.61. The first-order valence-electron chi connectivity index (χ1n) is 6.36. The number of aromatic nitrogens is 4. The Labute approximate surface area is 163 Å². The van der Waals surface area contributed by atoms with Crippen molar-refractivity contribution in [2.75, 3.05) is 0 Å². The van der Waals surface area contributed by atoms with Crippen LogP contribution in [-0.2, 0) is 0 Å². The number of aromatic amines is 1. The summed E-state index contributed by atoms with van der Waals surface area (Å²) in [4.78, 5) is 3.99. The maximum absolute atomic E-state index is 10.1. The third-order valence-electron chi connectivity index (χ3n) is 2.96. The number of phenolic OH excluding ortho intramolecular Hbond substituents is 1. The van der Waals surface area contributed by atoms with Gasteiger partial charge in [0, 0.05) is 27.1 Å². The molecule has 23 heavy (non-hydrogen) atoms. The summed E-state index contributed by atoms with van der Waals surface area (Å²) in [6.07, 6.45) is 4.92. The van der Waals surface area contributed by atoms with Gasteiger partial charge in [0.25, 0.3) is 0 Å². The molecule has 0 aliphatic rings. The molecule has 0 saturated heterocycles. The van der Waals surface area contributed by atoms with E-state index in [0.29, 0.717) is 16.2 Å². The molecule has 2 heterocycles. The zero-order chi connectivity index (χ0) is 16.4. The molecule has 1 aromatic carbocycles. The number of nitrogens with one attached hydrogen (secondary N) is 1. The lowest BCUT2D eigenvalue weighted by molar-refractivity contribution is 0.470. The van der Waals surface area contributed by atoms with E-state index in [-0.39, 0.29) is 5.75 Å². The van der Waals surface area contributed by atoms with E-state index < -0.39 is 0 Å². The summed E-state index contributed by atoms with van der Waals surface area (Å²) >= 11 is 9.50. The smallest absolute Gasteiger partial charge is 0.216 e. The number of nitrogens with zero attached hydrogens (tertiary/aromatic N) is 4. The van der Waals surface area contributed by atoms with Gasteiger partial charge in [-0.2, -0.15) is 14.9 Å². The number of pyridine rings is 1. The highest BCUT2D eigenvalue weighted by Gasteiger charge is 2.09. The molecule has 0 aliphatic heterocycles. The zero-order valence-corrected chi connectivity index (χ0v) is 16.6. The van der Waals surface area contributed by atoms with Crippen LogP contribution in [0.2, 0.25) is 0 Å². The number of aromatic hydroxyl groups is 1. The van der Waals surface area contributed by atoms with Gasteiger partial charge < -0.3 is 5.11 Å². The standard InChI is InChI=1S/C14H9I2N5OS/c15-10-5-9(12(22)11(16)6-10)7-18-21-13(19-20-14(21)23)8-1-3-17-4-2-8/h1-7,22H,(H,20,23)/b18-7+. The maximum atomic E-state index is 10.1. The Morgan fingerprint density at radius 1 is 1.26 bits per heavy atom. The molecule has 0 bridgehead atoms. The molecule has 9 heteroatoms. The molecular weight excluding hydrogens is 540 g/mol. The van der Waals surface area contributed by atoms with Gasteiger partial charge in [-0.15, -0.1) is 0 Å². The largest absolute Gasteiger partial charge is 0.506 e. The fraction of sp³-hybridized carbons (Fsp3) is 0. The van der Waals surface area contributed by atoms with Crippen LogP contribution in [0, 0.1) is 11.9 Å². The van der Waals surface area contributed by atoms with Crippen molar-refractivity contribution in [1.82, 2.24) is 19.9 Å². The Kier molecular flexibility index (Phi) is 5.06. The molecule has 2 N–H and O–H groups in total. The van der Waals surface area contributed by atoms with E-state index in [4.69, 9.17) is 12.2 Å². The number of hydrogen-bond acceptors (Lipinski definition) is 5. The van der Waals surface area contributed by atoms with Crippen LogP contribution in [0.25, 0.3) is 11.4 Å². The quantitative estimate of drug-likeness (QED) is 0.296. The van der Waals surface area contributed by atoms with E-state index in [2.05, 4.69) is 65.5 Å². The molecule has 6 nitrogen and oxygen atoms in total. The Morgan fingerprint density at radius 2 is 2.00 bits per heavy atom. The van der Waals surface area contributed by atoms with Crippen molar-refractivity contribution < 1.29 is 5.11 Å². The van der Waals surface area contributed by atoms with Crippen molar-refractivity contribution in [1.29, 1.82) is 0 Å². The highest BCUT2D eigenvalue weighted by Crippen LogP contribution is 2.26. The lowest BCUT2D eigenvalue weighted by Gasteiger charge is -2.04. The predicted molar refractivity (Wildman–Crippen MR) is 107 cm³/mol. The Morgan fingerprint density at radius 3 is 2.74 bits per heavy atom. The molecule has 0 aliphatic carbocycles. The molecule has 116 valence electrons. The molecule has 0 fully saturated rings. The van der Waals surface area contributed by atoms with Crippen LogP contribution in [-0.4, -0.2) is 31.2 Å². The van der Waals surface area contributed by atoms with Crippen molar-refractivity contribution in [3.05, 3.63) is 54.1 Å². The van der Waals surface area contributed by atoms with E-state index in [1.807, 2.05) is 24.3 Å². The summed E-state index contributed by atoms with van der Waals surface area (Å²) in [5.41, 5.74) is 1.45. The second-order valence-corrected chi connectivity index (χ2v) is 7.26. The van der Waals surface area contributed by atoms with E-state index in [0.717, 1.165) is 12.7 Å². The van der Waals surface area contributed by atoms with Gasteiger partial charge in [-0.3, -0.25) is 4.98 Å². The van der Waals surface area contributed by atoms with Crippen LogP contribution in [0.1, 0.15) is 5.56 Å². The monoisotopic (exact) mass is 549 g/mol. The van der Waals surface area contributed by atoms with E-state index in [1.165, 1.54) is 4.68 Å². The predicted octanol–water partition coefficient (Wildman–Crippen LogP) is 3.80. The molecule has 3 rings (SSSR count). The van der Waals surface area contributed by atoms with Gasteiger partial charge in [-0.25, -0.2) is 5.10 Å². The van der Waals surface area contributed by atoms with E-state index >= 15 is 0 Å². The first-order chi connectivity index (χ1) is 11.1. The van der Waals surface area contributed by atoms with Crippen LogP contribution in [0.15, 0.2) is 41.8 Å². The molecular formula is C14H9I2N5OS. The fourth-order valence-electron chi connectivity index (χ4n) is 1.89. The maximum Gasteiger partial charge on any atom is 0.216 e. The average Bonchev–Trinajstić information content (AvgIpc) is 2.91. The number of H-pyrrole nitrogens is 1. The van der Waals surface area contributed by atoms with Crippen molar-refractivity contribution in [3.8, 4) is 17.1 Å². The van der Waals surface area contributed by atoms with E-state index in [1.54, 1.807) is 18.6 Å². The topological polar surface area (TPSA) is 79.1 Å². The summed E-state index contributed by atoms with van der Waals surface area (Å²) < 4.78 is 3.65. The number of benzene rings is 1. The Bertz CT molecular complexity index is 936. The lowest BCUT2D eigenvalue weighted by Crippen LogP contribution is -1.96. The van der Waals surface area contributed by atoms with Crippen LogP contribution < -0.4 is 0 Å². The minimum Gasteiger partial charge on any atom is -0.506 e. The van der Waals surface area contributed by atoms with Crippen molar-refractivity contribution >= 4 is 63.6 Å². The Hall–Kier alpha value is -1.34. The van der Waals surface area contributed by atoms with E-state index in [9.17, 15) is 5.11 Å².